The first-order valence-corrected chi connectivity index (χ1v) is 4.63. The second-order valence-corrected chi connectivity index (χ2v) is 3.76. The molecule has 0 atom stereocenters. The second-order valence-electron chi connectivity index (χ2n) is 3.76. The summed E-state index contributed by atoms with van der Waals surface area (Å²) >= 11 is 0. The number of aromatic nitrogens is 1. The van der Waals surface area contributed by atoms with E-state index in [2.05, 4.69) is 22.0 Å². The van der Waals surface area contributed by atoms with Crippen LogP contribution < -0.4 is 5.73 Å². The minimum Gasteiger partial charge on any atom is -0.325 e. The lowest BCUT2D eigenvalue weighted by atomic mass is 10.1. The van der Waals surface area contributed by atoms with Crippen molar-refractivity contribution in [3.05, 3.63) is 29.6 Å². The third-order valence-electron chi connectivity index (χ3n) is 2.36. The van der Waals surface area contributed by atoms with Crippen LogP contribution in [0.15, 0.2) is 18.3 Å². The van der Waals surface area contributed by atoms with Crippen LogP contribution in [0.3, 0.4) is 0 Å². The predicted molar refractivity (Wildman–Crippen MR) is 52.2 cm³/mol. The molecule has 0 radical (unpaired) electrons. The zero-order valence-corrected chi connectivity index (χ0v) is 7.90. The Balaban J connectivity index is 1.91. The zero-order chi connectivity index (χ0) is 9.26. The number of likely N-dealkylation sites (tertiary alicyclic amines) is 1. The molecule has 2 rings (SSSR count). The standard InChI is InChI=1S/C10H15N3/c1-8-2-3-9(4-12-8)5-13-6-10(11)7-13/h2-4,10H,5-7,11H2,1H3. The third kappa shape index (κ3) is 2.05. The molecular weight excluding hydrogens is 162 g/mol. The van der Waals surface area contributed by atoms with Gasteiger partial charge in [-0.05, 0) is 18.6 Å². The second kappa shape index (κ2) is 3.44. The molecule has 1 aromatic heterocycles. The van der Waals surface area contributed by atoms with Crippen molar-refractivity contribution in [2.24, 2.45) is 5.73 Å². The molecule has 2 N–H and O–H groups in total. The first-order chi connectivity index (χ1) is 6.24. The van der Waals surface area contributed by atoms with Gasteiger partial charge in [0, 0.05) is 37.6 Å². The number of hydrogen-bond acceptors (Lipinski definition) is 3. The van der Waals surface area contributed by atoms with Gasteiger partial charge < -0.3 is 5.73 Å². The SMILES string of the molecule is Cc1ccc(CN2CC(N)C2)cn1. The predicted octanol–water partition coefficient (Wildman–Crippen LogP) is 0.533. The molecule has 1 saturated heterocycles. The van der Waals surface area contributed by atoms with Gasteiger partial charge in [-0.3, -0.25) is 9.88 Å². The van der Waals surface area contributed by atoms with Gasteiger partial charge in [-0.1, -0.05) is 6.07 Å². The van der Waals surface area contributed by atoms with Crippen LogP contribution in [0.25, 0.3) is 0 Å². The molecule has 1 fully saturated rings. The summed E-state index contributed by atoms with van der Waals surface area (Å²) < 4.78 is 0. The van der Waals surface area contributed by atoms with Crippen molar-refractivity contribution in [3.8, 4) is 0 Å². The molecule has 0 saturated carbocycles. The number of rotatable bonds is 2. The Morgan fingerprint density at radius 2 is 2.31 bits per heavy atom. The van der Waals surface area contributed by atoms with Crippen molar-refractivity contribution in [3.63, 3.8) is 0 Å². The molecule has 3 heteroatoms. The smallest absolute Gasteiger partial charge is 0.0372 e. The lowest BCUT2D eigenvalue weighted by Gasteiger charge is -2.36. The molecule has 2 heterocycles. The van der Waals surface area contributed by atoms with Crippen LogP contribution in [-0.4, -0.2) is 29.0 Å². The molecule has 0 aromatic carbocycles. The van der Waals surface area contributed by atoms with Gasteiger partial charge in [0.1, 0.15) is 0 Å². The Kier molecular flexibility index (Phi) is 2.29. The van der Waals surface area contributed by atoms with Crippen molar-refractivity contribution in [1.29, 1.82) is 0 Å². The topological polar surface area (TPSA) is 42.1 Å². The molecule has 70 valence electrons. The van der Waals surface area contributed by atoms with Gasteiger partial charge in [0.25, 0.3) is 0 Å². The van der Waals surface area contributed by atoms with Crippen molar-refractivity contribution in [2.45, 2.75) is 19.5 Å². The van der Waals surface area contributed by atoms with E-state index in [1.807, 2.05) is 13.1 Å². The molecular formula is C10H15N3. The summed E-state index contributed by atoms with van der Waals surface area (Å²) in [5.74, 6) is 0. The number of hydrogen-bond donors (Lipinski definition) is 1. The molecule has 0 bridgehead atoms. The normalized spacial score (nSPS) is 18.6. The van der Waals surface area contributed by atoms with E-state index in [1.165, 1.54) is 5.56 Å². The number of pyridine rings is 1. The van der Waals surface area contributed by atoms with Gasteiger partial charge >= 0.3 is 0 Å². The van der Waals surface area contributed by atoms with E-state index < -0.39 is 0 Å². The van der Waals surface area contributed by atoms with E-state index >= 15 is 0 Å². The highest BCUT2D eigenvalue weighted by Gasteiger charge is 2.22. The van der Waals surface area contributed by atoms with Crippen LogP contribution in [0.2, 0.25) is 0 Å². The van der Waals surface area contributed by atoms with E-state index in [-0.39, 0.29) is 0 Å². The number of aryl methyl sites for hydroxylation is 1. The summed E-state index contributed by atoms with van der Waals surface area (Å²) in [6.07, 6.45) is 1.94. The van der Waals surface area contributed by atoms with Crippen LogP contribution in [0.4, 0.5) is 0 Å². The lowest BCUT2D eigenvalue weighted by Crippen LogP contribution is -2.54. The molecule has 13 heavy (non-hydrogen) atoms. The molecule has 3 nitrogen and oxygen atoms in total. The van der Waals surface area contributed by atoms with E-state index in [9.17, 15) is 0 Å². The molecule has 1 aromatic rings. The van der Waals surface area contributed by atoms with Gasteiger partial charge in [0.15, 0.2) is 0 Å². The van der Waals surface area contributed by atoms with Crippen LogP contribution in [0.1, 0.15) is 11.3 Å². The van der Waals surface area contributed by atoms with Crippen molar-refractivity contribution >= 4 is 0 Å². The fraction of sp³-hybridized carbons (Fsp3) is 0.500. The summed E-state index contributed by atoms with van der Waals surface area (Å²) in [5, 5.41) is 0. The van der Waals surface area contributed by atoms with Gasteiger partial charge in [0.05, 0.1) is 0 Å². The Hall–Kier alpha value is -0.930. The van der Waals surface area contributed by atoms with Gasteiger partial charge in [-0.15, -0.1) is 0 Å². The minimum atomic E-state index is 0.387. The van der Waals surface area contributed by atoms with E-state index in [0.29, 0.717) is 6.04 Å². The van der Waals surface area contributed by atoms with E-state index in [0.717, 1.165) is 25.3 Å². The van der Waals surface area contributed by atoms with Crippen LogP contribution in [0, 0.1) is 6.92 Å². The highest BCUT2D eigenvalue weighted by atomic mass is 15.2. The molecule has 0 spiro atoms. The Morgan fingerprint density at radius 1 is 1.54 bits per heavy atom. The first kappa shape index (κ1) is 8.66. The van der Waals surface area contributed by atoms with Crippen molar-refractivity contribution < 1.29 is 0 Å². The first-order valence-electron chi connectivity index (χ1n) is 4.63. The van der Waals surface area contributed by atoms with Gasteiger partial charge in [-0.25, -0.2) is 0 Å². The maximum atomic E-state index is 5.69. The Morgan fingerprint density at radius 3 is 2.85 bits per heavy atom. The lowest BCUT2D eigenvalue weighted by molar-refractivity contribution is 0.142. The molecule has 0 amide bonds. The summed E-state index contributed by atoms with van der Waals surface area (Å²) in [6.45, 7) is 5.03. The zero-order valence-electron chi connectivity index (χ0n) is 7.90. The number of nitrogens with zero attached hydrogens (tertiary/aromatic N) is 2. The monoisotopic (exact) mass is 177 g/mol. The Bertz CT molecular complexity index is 275. The summed E-state index contributed by atoms with van der Waals surface area (Å²) in [5.41, 5.74) is 8.04. The van der Waals surface area contributed by atoms with Crippen LogP contribution in [-0.2, 0) is 6.54 Å². The molecule has 0 unspecified atom stereocenters. The van der Waals surface area contributed by atoms with E-state index in [4.69, 9.17) is 5.73 Å². The van der Waals surface area contributed by atoms with Gasteiger partial charge in [-0.2, -0.15) is 0 Å². The average Bonchev–Trinajstić information content (AvgIpc) is 2.06. The Labute approximate surface area is 78.6 Å². The van der Waals surface area contributed by atoms with E-state index in [1.54, 1.807) is 0 Å². The average molecular weight is 177 g/mol. The largest absolute Gasteiger partial charge is 0.325 e. The third-order valence-corrected chi connectivity index (χ3v) is 2.36. The highest BCUT2D eigenvalue weighted by Crippen LogP contribution is 2.10. The molecule has 1 aliphatic heterocycles. The summed E-state index contributed by atoms with van der Waals surface area (Å²) in [6, 6.07) is 4.57. The highest BCUT2D eigenvalue weighted by molar-refractivity contribution is 5.13. The number of nitrogens with two attached hydrogens (primary N) is 1. The summed E-state index contributed by atoms with van der Waals surface area (Å²) in [7, 11) is 0. The molecule has 1 aliphatic rings. The summed E-state index contributed by atoms with van der Waals surface area (Å²) in [4.78, 5) is 6.58. The quantitative estimate of drug-likeness (QED) is 0.716. The van der Waals surface area contributed by atoms with Crippen LogP contribution >= 0.6 is 0 Å². The fourth-order valence-corrected chi connectivity index (χ4v) is 1.59. The maximum Gasteiger partial charge on any atom is 0.0372 e. The van der Waals surface area contributed by atoms with Crippen molar-refractivity contribution in [1.82, 2.24) is 9.88 Å². The van der Waals surface area contributed by atoms with Gasteiger partial charge in [0.2, 0.25) is 0 Å². The maximum absolute atomic E-state index is 5.69. The fourth-order valence-electron chi connectivity index (χ4n) is 1.59. The van der Waals surface area contributed by atoms with Crippen LogP contribution in [0.5, 0.6) is 0 Å². The molecule has 0 aliphatic carbocycles. The van der Waals surface area contributed by atoms with Crippen molar-refractivity contribution in [2.75, 3.05) is 13.1 Å². The minimum absolute atomic E-state index is 0.387.